The van der Waals surface area contributed by atoms with Crippen LogP contribution in [0.15, 0.2) is 33.9 Å². The molecule has 0 amide bonds. The fourth-order valence-corrected chi connectivity index (χ4v) is 2.49. The highest BCUT2D eigenvalue weighted by molar-refractivity contribution is 5.94. The summed E-state index contributed by atoms with van der Waals surface area (Å²) in [6.07, 6.45) is -0.890. The molecule has 2 N–H and O–H groups in total. The lowest BCUT2D eigenvalue weighted by Crippen LogP contribution is -2.41. The Hall–Kier alpha value is -2.83. The normalized spacial score (nSPS) is 16.7. The number of nitrogens with zero attached hydrogens (tertiary/aromatic N) is 2. The van der Waals surface area contributed by atoms with Gasteiger partial charge < -0.3 is 10.5 Å². The van der Waals surface area contributed by atoms with E-state index in [0.717, 1.165) is 9.13 Å². The van der Waals surface area contributed by atoms with Crippen LogP contribution in [0.1, 0.15) is 27.6 Å². The van der Waals surface area contributed by atoms with Gasteiger partial charge in [-0.15, -0.1) is 0 Å². The number of aromatic nitrogens is 2. The number of hydrogen-bond acceptors (Lipinski definition) is 5. The van der Waals surface area contributed by atoms with E-state index in [-0.39, 0.29) is 11.4 Å². The monoisotopic (exact) mass is 287 g/mol. The minimum absolute atomic E-state index is 0.00222. The fourth-order valence-electron chi connectivity index (χ4n) is 2.49. The molecule has 0 saturated heterocycles. The van der Waals surface area contributed by atoms with Crippen molar-refractivity contribution in [2.75, 3.05) is 5.73 Å². The third kappa shape index (κ3) is 1.70. The highest BCUT2D eigenvalue weighted by atomic mass is 16.5. The molecule has 1 atom stereocenters. The molecular weight excluding hydrogens is 274 g/mol. The second-order valence-corrected chi connectivity index (χ2v) is 4.88. The largest absolute Gasteiger partial charge is 0.449 e. The number of nitrogens with two attached hydrogens (primary N) is 1. The van der Waals surface area contributed by atoms with Crippen LogP contribution in [-0.4, -0.2) is 15.1 Å². The van der Waals surface area contributed by atoms with Crippen LogP contribution in [0.4, 0.5) is 5.82 Å². The summed E-state index contributed by atoms with van der Waals surface area (Å²) in [5, 5.41) is 0. The number of hydrogen-bond donors (Lipinski definition) is 1. The molecule has 0 unspecified atom stereocenters. The van der Waals surface area contributed by atoms with Gasteiger partial charge in [-0.3, -0.25) is 13.9 Å². The van der Waals surface area contributed by atoms with E-state index >= 15 is 0 Å². The van der Waals surface area contributed by atoms with E-state index in [1.165, 1.54) is 14.1 Å². The van der Waals surface area contributed by atoms with Gasteiger partial charge in [0.1, 0.15) is 11.4 Å². The maximum absolute atomic E-state index is 12.3. The Morgan fingerprint density at radius 2 is 1.76 bits per heavy atom. The molecule has 0 bridgehead atoms. The average Bonchev–Trinajstić information content (AvgIpc) is 2.81. The topological polar surface area (TPSA) is 96.3 Å². The van der Waals surface area contributed by atoms with Crippen LogP contribution in [0.2, 0.25) is 0 Å². The molecule has 1 aromatic carbocycles. The Kier molecular flexibility index (Phi) is 2.72. The molecule has 0 fully saturated rings. The van der Waals surface area contributed by atoms with Crippen LogP contribution in [0.5, 0.6) is 0 Å². The molecule has 0 radical (unpaired) electrons. The van der Waals surface area contributed by atoms with Crippen molar-refractivity contribution in [1.29, 1.82) is 0 Å². The lowest BCUT2D eigenvalue weighted by atomic mass is 10.0. The Bertz CT molecular complexity index is 879. The zero-order chi connectivity index (χ0) is 15.3. The molecule has 3 rings (SSSR count). The van der Waals surface area contributed by atoms with E-state index in [4.69, 9.17) is 10.5 Å². The van der Waals surface area contributed by atoms with E-state index in [2.05, 4.69) is 0 Å². The molecule has 7 nitrogen and oxygen atoms in total. The highest BCUT2D eigenvalue weighted by Crippen LogP contribution is 2.35. The van der Waals surface area contributed by atoms with Crippen molar-refractivity contribution in [3.05, 3.63) is 61.8 Å². The van der Waals surface area contributed by atoms with Gasteiger partial charge >= 0.3 is 11.7 Å². The minimum atomic E-state index is -0.890. The lowest BCUT2D eigenvalue weighted by molar-refractivity contribution is 0.0453. The van der Waals surface area contributed by atoms with E-state index in [0.29, 0.717) is 11.1 Å². The van der Waals surface area contributed by atoms with Crippen molar-refractivity contribution < 1.29 is 9.53 Å². The SMILES string of the molecule is Cn1c(N)c([C@@H]2OC(=O)c3ccccc32)c(=O)n(C)c1=O. The molecule has 21 heavy (non-hydrogen) atoms. The average molecular weight is 287 g/mol. The summed E-state index contributed by atoms with van der Waals surface area (Å²) >= 11 is 0. The first-order chi connectivity index (χ1) is 9.93. The number of ether oxygens (including phenoxy) is 1. The number of carbonyl (C=O) groups is 1. The standard InChI is InChI=1S/C14H13N3O4/c1-16-11(15)9(12(18)17(2)14(16)20)10-7-5-3-4-6-8(7)13(19)21-10/h3-6,10H,15H2,1-2H3/t10-/m1/s1. The molecule has 1 aliphatic rings. The van der Waals surface area contributed by atoms with Gasteiger partial charge in [0.25, 0.3) is 5.56 Å². The van der Waals surface area contributed by atoms with Crippen LogP contribution in [-0.2, 0) is 18.8 Å². The van der Waals surface area contributed by atoms with Gasteiger partial charge in [0.05, 0.1) is 5.56 Å². The number of carbonyl (C=O) groups excluding carboxylic acids is 1. The molecule has 1 aliphatic heterocycles. The molecule has 0 saturated carbocycles. The van der Waals surface area contributed by atoms with Crippen molar-refractivity contribution in [2.45, 2.75) is 6.10 Å². The number of fused-ring (bicyclic) bond motifs is 1. The van der Waals surface area contributed by atoms with Crippen LogP contribution in [0.25, 0.3) is 0 Å². The quantitative estimate of drug-likeness (QED) is 0.740. The first-order valence-corrected chi connectivity index (χ1v) is 6.28. The van der Waals surface area contributed by atoms with Crippen LogP contribution >= 0.6 is 0 Å². The first-order valence-electron chi connectivity index (χ1n) is 6.28. The van der Waals surface area contributed by atoms with Crippen LogP contribution in [0.3, 0.4) is 0 Å². The van der Waals surface area contributed by atoms with E-state index in [1.807, 2.05) is 0 Å². The second kappa shape index (κ2) is 4.34. The number of benzene rings is 1. The maximum atomic E-state index is 12.3. The van der Waals surface area contributed by atoms with Crippen molar-refractivity contribution in [3.63, 3.8) is 0 Å². The molecule has 2 aromatic rings. The van der Waals surface area contributed by atoms with Gasteiger partial charge in [-0.25, -0.2) is 9.59 Å². The summed E-state index contributed by atoms with van der Waals surface area (Å²) < 4.78 is 7.38. The summed E-state index contributed by atoms with van der Waals surface area (Å²) in [6, 6.07) is 6.79. The van der Waals surface area contributed by atoms with Crippen molar-refractivity contribution in [2.24, 2.45) is 14.1 Å². The zero-order valence-corrected chi connectivity index (χ0v) is 11.5. The predicted molar refractivity (Wildman–Crippen MR) is 75.0 cm³/mol. The number of esters is 1. The Morgan fingerprint density at radius 3 is 2.48 bits per heavy atom. The van der Waals surface area contributed by atoms with Gasteiger partial charge in [-0.2, -0.15) is 0 Å². The van der Waals surface area contributed by atoms with Gasteiger partial charge in [-0.05, 0) is 6.07 Å². The second-order valence-electron chi connectivity index (χ2n) is 4.88. The van der Waals surface area contributed by atoms with Gasteiger partial charge in [-0.1, -0.05) is 18.2 Å². The number of rotatable bonds is 1. The minimum Gasteiger partial charge on any atom is -0.449 e. The molecular formula is C14H13N3O4. The Balaban J connectivity index is 2.32. The number of cyclic esters (lactones) is 1. The molecule has 7 heteroatoms. The molecule has 1 aromatic heterocycles. The van der Waals surface area contributed by atoms with E-state index in [9.17, 15) is 14.4 Å². The van der Waals surface area contributed by atoms with E-state index < -0.39 is 23.3 Å². The lowest BCUT2D eigenvalue weighted by Gasteiger charge is -2.16. The van der Waals surface area contributed by atoms with Gasteiger partial charge in [0, 0.05) is 19.7 Å². The third-order valence-corrected chi connectivity index (χ3v) is 3.70. The van der Waals surface area contributed by atoms with Crippen molar-refractivity contribution >= 4 is 11.8 Å². The van der Waals surface area contributed by atoms with Crippen LogP contribution in [0, 0.1) is 0 Å². The first kappa shape index (κ1) is 13.2. The summed E-state index contributed by atoms with van der Waals surface area (Å²) in [4.78, 5) is 36.0. The number of nitrogen functional groups attached to an aromatic ring is 1. The summed E-state index contributed by atoms with van der Waals surface area (Å²) in [5.41, 5.74) is 5.87. The Labute approximate surface area is 119 Å². The number of anilines is 1. The zero-order valence-electron chi connectivity index (χ0n) is 11.5. The summed E-state index contributed by atoms with van der Waals surface area (Å²) in [6.45, 7) is 0. The van der Waals surface area contributed by atoms with Gasteiger partial charge in [0.15, 0.2) is 6.10 Å². The fraction of sp³-hybridized carbons (Fsp3) is 0.214. The van der Waals surface area contributed by atoms with E-state index in [1.54, 1.807) is 24.3 Å². The molecule has 2 heterocycles. The maximum Gasteiger partial charge on any atom is 0.339 e. The van der Waals surface area contributed by atoms with Crippen molar-refractivity contribution in [1.82, 2.24) is 9.13 Å². The summed E-state index contributed by atoms with van der Waals surface area (Å²) in [7, 11) is 2.82. The smallest absolute Gasteiger partial charge is 0.339 e. The highest BCUT2D eigenvalue weighted by Gasteiger charge is 2.36. The molecule has 108 valence electrons. The predicted octanol–water partition coefficient (Wildman–Crippen LogP) is -0.0740. The molecule has 0 aliphatic carbocycles. The third-order valence-electron chi connectivity index (χ3n) is 3.70. The molecule has 0 spiro atoms. The van der Waals surface area contributed by atoms with Crippen molar-refractivity contribution in [3.8, 4) is 0 Å². The van der Waals surface area contributed by atoms with Crippen LogP contribution < -0.4 is 17.0 Å². The Morgan fingerprint density at radius 1 is 1.10 bits per heavy atom. The van der Waals surface area contributed by atoms with Gasteiger partial charge in [0.2, 0.25) is 0 Å². The summed E-state index contributed by atoms with van der Waals surface area (Å²) in [5.74, 6) is -0.511.